The lowest BCUT2D eigenvalue weighted by atomic mass is 10.1. The minimum atomic E-state index is -0.000475. The zero-order valence-corrected chi connectivity index (χ0v) is 15.3. The maximum absolute atomic E-state index is 12.7. The van der Waals surface area contributed by atoms with Gasteiger partial charge in [0.1, 0.15) is 23.5 Å². The molecule has 0 radical (unpaired) electrons. The number of piperazine rings is 1. The van der Waals surface area contributed by atoms with Crippen LogP contribution in [0.25, 0.3) is 0 Å². The molecule has 2 aromatic rings. The number of carbonyl (C=O) groups is 1. The van der Waals surface area contributed by atoms with Gasteiger partial charge in [0.2, 0.25) is 0 Å². The molecule has 0 spiro atoms. The first-order valence-corrected chi connectivity index (χ1v) is 8.82. The van der Waals surface area contributed by atoms with Crippen LogP contribution in [0.3, 0.4) is 0 Å². The van der Waals surface area contributed by atoms with Crippen molar-refractivity contribution >= 4 is 11.7 Å². The Balaban J connectivity index is 1.69. The van der Waals surface area contributed by atoms with E-state index in [1.54, 1.807) is 0 Å². The maximum atomic E-state index is 12.7. The van der Waals surface area contributed by atoms with E-state index in [-0.39, 0.29) is 5.91 Å². The predicted octanol–water partition coefficient (Wildman–Crippen LogP) is 2.42. The van der Waals surface area contributed by atoms with Crippen LogP contribution in [0.15, 0.2) is 16.9 Å². The van der Waals surface area contributed by atoms with Crippen LogP contribution in [0.4, 0.5) is 5.82 Å². The summed E-state index contributed by atoms with van der Waals surface area (Å²) >= 11 is 0. The Morgan fingerprint density at radius 2 is 1.96 bits per heavy atom. The van der Waals surface area contributed by atoms with Gasteiger partial charge in [-0.2, -0.15) is 0 Å². The average Bonchev–Trinajstić information content (AvgIpc) is 3.09. The van der Waals surface area contributed by atoms with E-state index >= 15 is 0 Å². The van der Waals surface area contributed by atoms with Gasteiger partial charge in [-0.1, -0.05) is 25.9 Å². The number of rotatable bonds is 4. The molecular formula is C18H25N5O2. The number of hydrogen-bond donors (Lipinski definition) is 0. The summed E-state index contributed by atoms with van der Waals surface area (Å²) in [5.74, 6) is 2.11. The number of carbonyl (C=O) groups excluding carboxylic acids is 1. The van der Waals surface area contributed by atoms with Gasteiger partial charge in [-0.25, -0.2) is 9.97 Å². The van der Waals surface area contributed by atoms with Crippen molar-refractivity contribution in [1.29, 1.82) is 0 Å². The first-order valence-electron chi connectivity index (χ1n) is 8.82. The molecule has 25 heavy (non-hydrogen) atoms. The molecule has 1 aliphatic heterocycles. The molecule has 0 aliphatic carbocycles. The molecule has 3 heterocycles. The fraction of sp³-hybridized carbons (Fsp3) is 0.556. The van der Waals surface area contributed by atoms with E-state index in [0.29, 0.717) is 31.0 Å². The number of hydrogen-bond acceptors (Lipinski definition) is 6. The van der Waals surface area contributed by atoms with Crippen LogP contribution >= 0.6 is 0 Å². The molecule has 0 unspecified atom stereocenters. The second-order valence-corrected chi connectivity index (χ2v) is 6.69. The molecule has 3 rings (SSSR count). The van der Waals surface area contributed by atoms with Gasteiger partial charge in [0.15, 0.2) is 0 Å². The highest BCUT2D eigenvalue weighted by molar-refractivity contribution is 5.95. The van der Waals surface area contributed by atoms with Crippen molar-refractivity contribution in [2.45, 2.75) is 40.0 Å². The van der Waals surface area contributed by atoms with Gasteiger partial charge in [-0.3, -0.25) is 4.79 Å². The molecule has 1 saturated heterocycles. The van der Waals surface area contributed by atoms with Gasteiger partial charge in [-0.05, 0) is 13.3 Å². The zero-order chi connectivity index (χ0) is 18.0. The van der Waals surface area contributed by atoms with Crippen LogP contribution in [-0.4, -0.2) is 52.1 Å². The third-order valence-corrected chi connectivity index (χ3v) is 4.47. The lowest BCUT2D eigenvalue weighted by Gasteiger charge is -2.35. The van der Waals surface area contributed by atoms with Crippen LogP contribution in [0.2, 0.25) is 0 Å². The second-order valence-electron chi connectivity index (χ2n) is 6.69. The Kier molecular flexibility index (Phi) is 5.01. The van der Waals surface area contributed by atoms with E-state index < -0.39 is 0 Å². The molecule has 0 N–H and O–H groups in total. The van der Waals surface area contributed by atoms with Crippen LogP contribution in [0, 0.1) is 6.92 Å². The summed E-state index contributed by atoms with van der Waals surface area (Å²) in [5, 5.41) is 3.90. The Hall–Kier alpha value is -2.44. The van der Waals surface area contributed by atoms with Crippen molar-refractivity contribution in [3.8, 4) is 0 Å². The molecule has 0 atom stereocenters. The normalized spacial score (nSPS) is 15.1. The van der Waals surface area contributed by atoms with Gasteiger partial charge in [0.05, 0.1) is 5.69 Å². The Labute approximate surface area is 148 Å². The van der Waals surface area contributed by atoms with E-state index in [0.717, 1.165) is 36.1 Å². The number of aryl methyl sites for hydroxylation is 2. The predicted molar refractivity (Wildman–Crippen MR) is 94.9 cm³/mol. The van der Waals surface area contributed by atoms with Gasteiger partial charge in [0, 0.05) is 43.9 Å². The fourth-order valence-corrected chi connectivity index (χ4v) is 2.99. The monoisotopic (exact) mass is 343 g/mol. The smallest absolute Gasteiger partial charge is 0.259 e. The highest BCUT2D eigenvalue weighted by Crippen LogP contribution is 2.20. The number of amides is 1. The first kappa shape index (κ1) is 17.4. The van der Waals surface area contributed by atoms with Gasteiger partial charge in [-0.15, -0.1) is 0 Å². The molecule has 7 nitrogen and oxygen atoms in total. The summed E-state index contributed by atoms with van der Waals surface area (Å²) in [6.45, 7) is 11.0. The minimum Gasteiger partial charge on any atom is -0.364 e. The molecule has 1 amide bonds. The molecule has 0 aromatic carbocycles. The third-order valence-electron chi connectivity index (χ3n) is 4.47. The summed E-state index contributed by atoms with van der Waals surface area (Å²) in [7, 11) is 0. The van der Waals surface area contributed by atoms with Crippen molar-refractivity contribution in [2.75, 3.05) is 31.1 Å². The molecular weight excluding hydrogens is 318 g/mol. The van der Waals surface area contributed by atoms with Crippen molar-refractivity contribution in [2.24, 2.45) is 0 Å². The Morgan fingerprint density at radius 1 is 1.24 bits per heavy atom. The summed E-state index contributed by atoms with van der Waals surface area (Å²) in [4.78, 5) is 25.9. The molecule has 2 aromatic heterocycles. The third kappa shape index (κ3) is 3.65. The standard InChI is InChI=1S/C18H25N5O2/c1-5-15-14(11-25-21-15)18(24)23-8-6-22(7-9-23)16-10-13(4)19-17(20-16)12(2)3/h10-12H,5-9H2,1-4H3. The first-order chi connectivity index (χ1) is 12.0. The highest BCUT2D eigenvalue weighted by Gasteiger charge is 2.26. The van der Waals surface area contributed by atoms with Crippen LogP contribution in [0.1, 0.15) is 54.3 Å². The average molecular weight is 343 g/mol. The van der Waals surface area contributed by atoms with Crippen molar-refractivity contribution in [3.63, 3.8) is 0 Å². The molecule has 1 fully saturated rings. The van der Waals surface area contributed by atoms with Crippen LogP contribution < -0.4 is 4.90 Å². The van der Waals surface area contributed by atoms with Crippen molar-refractivity contribution < 1.29 is 9.32 Å². The second kappa shape index (κ2) is 7.21. The number of nitrogens with zero attached hydrogens (tertiary/aromatic N) is 5. The molecule has 134 valence electrons. The van der Waals surface area contributed by atoms with Gasteiger partial charge in [0.25, 0.3) is 5.91 Å². The summed E-state index contributed by atoms with van der Waals surface area (Å²) in [5.41, 5.74) is 2.28. The topological polar surface area (TPSA) is 75.4 Å². The Bertz CT molecular complexity index is 748. The quantitative estimate of drug-likeness (QED) is 0.849. The highest BCUT2D eigenvalue weighted by atomic mass is 16.5. The van der Waals surface area contributed by atoms with Crippen molar-refractivity contribution in [3.05, 3.63) is 35.1 Å². The van der Waals surface area contributed by atoms with Crippen LogP contribution in [0.5, 0.6) is 0 Å². The molecule has 0 bridgehead atoms. The molecule has 0 saturated carbocycles. The lowest BCUT2D eigenvalue weighted by Crippen LogP contribution is -2.49. The number of anilines is 1. The minimum absolute atomic E-state index is 0.000475. The molecule has 1 aliphatic rings. The van der Waals surface area contributed by atoms with E-state index in [1.165, 1.54) is 6.26 Å². The SMILES string of the molecule is CCc1nocc1C(=O)N1CCN(c2cc(C)nc(C(C)C)n2)CC1. The Morgan fingerprint density at radius 3 is 2.60 bits per heavy atom. The van der Waals surface area contributed by atoms with E-state index in [1.807, 2.05) is 24.8 Å². The van der Waals surface area contributed by atoms with Gasteiger partial charge < -0.3 is 14.3 Å². The fourth-order valence-electron chi connectivity index (χ4n) is 2.99. The summed E-state index contributed by atoms with van der Waals surface area (Å²) in [6.07, 6.45) is 2.14. The number of aromatic nitrogens is 3. The summed E-state index contributed by atoms with van der Waals surface area (Å²) in [6, 6.07) is 2.01. The largest absolute Gasteiger partial charge is 0.364 e. The zero-order valence-electron chi connectivity index (χ0n) is 15.3. The molecule has 7 heteroatoms. The van der Waals surface area contributed by atoms with E-state index in [2.05, 4.69) is 28.9 Å². The van der Waals surface area contributed by atoms with E-state index in [9.17, 15) is 4.79 Å². The summed E-state index contributed by atoms with van der Waals surface area (Å²) < 4.78 is 4.96. The van der Waals surface area contributed by atoms with Gasteiger partial charge >= 0.3 is 0 Å². The van der Waals surface area contributed by atoms with Crippen LogP contribution in [-0.2, 0) is 6.42 Å². The maximum Gasteiger partial charge on any atom is 0.259 e. The van der Waals surface area contributed by atoms with Crippen molar-refractivity contribution in [1.82, 2.24) is 20.0 Å². The van der Waals surface area contributed by atoms with E-state index in [4.69, 9.17) is 9.51 Å². The lowest BCUT2D eigenvalue weighted by molar-refractivity contribution is 0.0745.